The minimum Gasteiger partial charge on any atom is -0.444 e. The third-order valence-corrected chi connectivity index (χ3v) is 5.00. The normalized spacial score (nSPS) is 16.5. The van der Waals surface area contributed by atoms with Gasteiger partial charge in [-0.25, -0.2) is 4.79 Å². The smallest absolute Gasteiger partial charge is 0.408 e. The van der Waals surface area contributed by atoms with Crippen molar-refractivity contribution in [1.29, 1.82) is 0 Å². The number of hydrogen-bond donors (Lipinski definition) is 2. The molecule has 1 fully saturated rings. The fourth-order valence-corrected chi connectivity index (χ4v) is 3.83. The summed E-state index contributed by atoms with van der Waals surface area (Å²) in [5.74, 6) is 0.0278. The Bertz CT molecular complexity index is 645. The number of hydrogen-bond acceptors (Lipinski definition) is 6. The van der Waals surface area contributed by atoms with Gasteiger partial charge in [-0.2, -0.15) is 0 Å². The first-order valence-electron chi connectivity index (χ1n) is 8.84. The molecule has 2 amide bonds. The number of morpholine rings is 1. The van der Waals surface area contributed by atoms with Crippen LogP contribution in [0.4, 0.5) is 9.80 Å². The Morgan fingerprint density at radius 2 is 1.92 bits per heavy atom. The molecule has 0 aliphatic carbocycles. The molecule has 0 unspecified atom stereocenters. The maximum absolute atomic E-state index is 12.7. The highest BCUT2D eigenvalue weighted by Crippen LogP contribution is 2.34. The van der Waals surface area contributed by atoms with E-state index in [9.17, 15) is 9.59 Å². The van der Waals surface area contributed by atoms with Crippen molar-refractivity contribution in [2.24, 2.45) is 5.92 Å². The predicted molar refractivity (Wildman–Crippen MR) is 102 cm³/mol. The van der Waals surface area contributed by atoms with Gasteiger partial charge >= 0.3 is 6.09 Å². The number of nitrogens with one attached hydrogen (secondary N) is 1. The zero-order valence-electron chi connectivity index (χ0n) is 16.1. The summed E-state index contributed by atoms with van der Waals surface area (Å²) >= 11 is 1.33. The van der Waals surface area contributed by atoms with Gasteiger partial charge in [-0.05, 0) is 32.8 Å². The lowest BCUT2D eigenvalue weighted by atomic mass is 10.0. The van der Waals surface area contributed by atoms with E-state index in [0.717, 1.165) is 4.88 Å². The molecule has 1 aromatic heterocycles. The average Bonchev–Trinajstić information content (AvgIpc) is 2.92. The van der Waals surface area contributed by atoms with Crippen molar-refractivity contribution in [3.63, 3.8) is 0 Å². The number of amides is 2. The van der Waals surface area contributed by atoms with Crippen molar-refractivity contribution in [2.45, 2.75) is 46.3 Å². The molecular weight excluding hydrogens is 354 g/mol. The fourth-order valence-electron chi connectivity index (χ4n) is 2.68. The predicted octanol–water partition coefficient (Wildman–Crippen LogP) is 3.02. The summed E-state index contributed by atoms with van der Waals surface area (Å²) < 4.78 is 10.6. The van der Waals surface area contributed by atoms with Crippen LogP contribution < -0.4 is 11.1 Å². The Balaban J connectivity index is 2.17. The molecule has 1 atom stereocenters. The SMILES string of the molecule is CC(C)[C@H](NC(=O)OC(C)(C)C)c1cc(C(=O)N2CCOCC2)c(N)s1. The van der Waals surface area contributed by atoms with Crippen LogP contribution in [0.25, 0.3) is 0 Å². The van der Waals surface area contributed by atoms with E-state index < -0.39 is 11.7 Å². The number of alkyl carbamates (subject to hydrolysis) is 1. The van der Waals surface area contributed by atoms with E-state index in [1.54, 1.807) is 11.0 Å². The second-order valence-electron chi connectivity index (χ2n) is 7.70. The van der Waals surface area contributed by atoms with Gasteiger partial charge in [0.2, 0.25) is 0 Å². The van der Waals surface area contributed by atoms with Gasteiger partial charge in [0.15, 0.2) is 0 Å². The van der Waals surface area contributed by atoms with Crippen LogP contribution in [0.15, 0.2) is 6.07 Å². The Morgan fingerprint density at radius 3 is 2.46 bits per heavy atom. The number of rotatable bonds is 4. The summed E-state index contributed by atoms with van der Waals surface area (Å²) in [5, 5.41) is 3.36. The molecule has 1 saturated heterocycles. The van der Waals surface area contributed by atoms with Crippen molar-refractivity contribution >= 4 is 28.3 Å². The number of nitrogens with zero attached hydrogens (tertiary/aromatic N) is 1. The van der Waals surface area contributed by atoms with Crippen LogP contribution in [-0.2, 0) is 9.47 Å². The standard InChI is InChI=1S/C18H29N3O4S/c1-11(2)14(20-17(23)25-18(3,4)5)13-10-12(15(19)26-13)16(22)21-6-8-24-9-7-21/h10-11,14H,6-9,19H2,1-5H3,(H,20,23)/t14-/m0/s1. The van der Waals surface area contributed by atoms with Crippen LogP contribution in [0.3, 0.4) is 0 Å². The quantitative estimate of drug-likeness (QED) is 0.833. The van der Waals surface area contributed by atoms with E-state index in [4.69, 9.17) is 15.2 Å². The van der Waals surface area contributed by atoms with Gasteiger partial charge in [-0.3, -0.25) is 4.79 Å². The minimum absolute atomic E-state index is 0.0897. The zero-order chi connectivity index (χ0) is 19.5. The summed E-state index contributed by atoms with van der Waals surface area (Å²) in [6.45, 7) is 11.7. The van der Waals surface area contributed by atoms with Crippen LogP contribution in [0.2, 0.25) is 0 Å². The third kappa shape index (κ3) is 5.35. The lowest BCUT2D eigenvalue weighted by Crippen LogP contribution is -2.40. The largest absolute Gasteiger partial charge is 0.444 e. The molecule has 2 heterocycles. The second-order valence-corrected chi connectivity index (χ2v) is 8.81. The molecule has 0 saturated carbocycles. The van der Waals surface area contributed by atoms with Gasteiger partial charge in [-0.1, -0.05) is 13.8 Å². The van der Waals surface area contributed by atoms with Crippen molar-refractivity contribution < 1.29 is 19.1 Å². The summed E-state index contributed by atoms with van der Waals surface area (Å²) in [6, 6.07) is 1.52. The van der Waals surface area contributed by atoms with Gasteiger partial charge in [-0.15, -0.1) is 11.3 Å². The molecule has 0 spiro atoms. The highest BCUT2D eigenvalue weighted by Gasteiger charge is 2.28. The molecule has 0 radical (unpaired) electrons. The number of nitrogen functional groups attached to an aromatic ring is 1. The summed E-state index contributed by atoms with van der Waals surface area (Å²) in [7, 11) is 0. The van der Waals surface area contributed by atoms with Crippen molar-refractivity contribution in [1.82, 2.24) is 10.2 Å². The maximum Gasteiger partial charge on any atom is 0.408 e. The Morgan fingerprint density at radius 1 is 1.31 bits per heavy atom. The van der Waals surface area contributed by atoms with Gasteiger partial charge in [0.1, 0.15) is 5.60 Å². The molecule has 7 nitrogen and oxygen atoms in total. The number of ether oxygens (including phenoxy) is 2. The van der Waals surface area contributed by atoms with Crippen LogP contribution >= 0.6 is 11.3 Å². The van der Waals surface area contributed by atoms with Crippen molar-refractivity contribution in [2.75, 3.05) is 32.0 Å². The molecule has 0 bridgehead atoms. The lowest BCUT2D eigenvalue weighted by Gasteiger charge is -2.26. The molecule has 1 aromatic rings. The van der Waals surface area contributed by atoms with E-state index in [1.165, 1.54) is 11.3 Å². The molecule has 2 rings (SSSR count). The van der Waals surface area contributed by atoms with Crippen LogP contribution in [0.5, 0.6) is 0 Å². The van der Waals surface area contributed by atoms with E-state index in [1.807, 2.05) is 34.6 Å². The summed E-state index contributed by atoms with van der Waals surface area (Å²) in [5.41, 5.74) is 6.03. The molecule has 1 aliphatic heterocycles. The van der Waals surface area contributed by atoms with E-state index in [-0.39, 0.29) is 17.9 Å². The van der Waals surface area contributed by atoms with E-state index in [2.05, 4.69) is 5.32 Å². The van der Waals surface area contributed by atoms with Crippen LogP contribution in [0, 0.1) is 5.92 Å². The van der Waals surface area contributed by atoms with Gasteiger partial charge < -0.3 is 25.4 Å². The second kappa shape index (κ2) is 8.26. The highest BCUT2D eigenvalue weighted by atomic mass is 32.1. The van der Waals surface area contributed by atoms with Gasteiger partial charge in [0.05, 0.1) is 29.8 Å². The molecule has 146 valence electrons. The number of carbonyl (C=O) groups is 2. The first kappa shape index (κ1) is 20.5. The zero-order valence-corrected chi connectivity index (χ0v) is 16.9. The van der Waals surface area contributed by atoms with E-state index in [0.29, 0.717) is 36.9 Å². The average molecular weight is 384 g/mol. The van der Waals surface area contributed by atoms with Crippen molar-refractivity contribution in [3.05, 3.63) is 16.5 Å². The fraction of sp³-hybridized carbons (Fsp3) is 0.667. The molecular formula is C18H29N3O4S. The Hall–Kier alpha value is -1.80. The van der Waals surface area contributed by atoms with Gasteiger partial charge in [0, 0.05) is 18.0 Å². The number of carbonyl (C=O) groups excluding carboxylic acids is 2. The van der Waals surface area contributed by atoms with Crippen LogP contribution in [0.1, 0.15) is 55.9 Å². The molecule has 1 aliphatic rings. The number of nitrogens with two attached hydrogens (primary N) is 1. The molecule has 0 aromatic carbocycles. The molecule has 8 heteroatoms. The van der Waals surface area contributed by atoms with Crippen LogP contribution in [-0.4, -0.2) is 48.8 Å². The first-order valence-corrected chi connectivity index (χ1v) is 9.66. The lowest BCUT2D eigenvalue weighted by molar-refractivity contribution is 0.0304. The first-order chi connectivity index (χ1) is 12.1. The Labute approximate surface area is 158 Å². The molecule has 26 heavy (non-hydrogen) atoms. The summed E-state index contributed by atoms with van der Waals surface area (Å²) in [4.78, 5) is 27.5. The van der Waals surface area contributed by atoms with Gasteiger partial charge in [0.25, 0.3) is 5.91 Å². The van der Waals surface area contributed by atoms with E-state index >= 15 is 0 Å². The molecule has 3 N–H and O–H groups in total. The monoisotopic (exact) mass is 383 g/mol. The third-order valence-electron chi connectivity index (χ3n) is 3.95. The number of thiophene rings is 1. The summed E-state index contributed by atoms with van der Waals surface area (Å²) in [6.07, 6.45) is -0.482. The maximum atomic E-state index is 12.7. The Kier molecular flexibility index (Phi) is 6.52. The van der Waals surface area contributed by atoms with Crippen molar-refractivity contribution in [3.8, 4) is 0 Å². The number of anilines is 1. The minimum atomic E-state index is -0.572. The topological polar surface area (TPSA) is 93.9 Å². The highest BCUT2D eigenvalue weighted by molar-refractivity contribution is 7.16.